The number of hydrogen-bond donors (Lipinski definition) is 0. The van der Waals surface area contributed by atoms with Crippen LogP contribution in [0.2, 0.25) is 0 Å². The van der Waals surface area contributed by atoms with E-state index in [0.29, 0.717) is 0 Å². The topological polar surface area (TPSA) is 35.5 Å². The molecule has 0 bridgehead atoms. The zero-order chi connectivity index (χ0) is 10.2. The van der Waals surface area contributed by atoms with E-state index >= 15 is 0 Å². The first-order valence-electron chi connectivity index (χ1n) is 5.55. The summed E-state index contributed by atoms with van der Waals surface area (Å²) < 4.78 is 10.6. The van der Waals surface area contributed by atoms with Crippen LogP contribution in [0.15, 0.2) is 0 Å². The van der Waals surface area contributed by atoms with Gasteiger partial charge in [0, 0.05) is 5.92 Å². The normalized spacial score (nSPS) is 19.8. The van der Waals surface area contributed by atoms with E-state index in [2.05, 4.69) is 6.92 Å². The summed E-state index contributed by atoms with van der Waals surface area (Å²) in [4.78, 5) is 10.7. The number of ether oxygens (including phenoxy) is 2. The molecule has 0 N–H and O–H groups in total. The number of aldehydes is 1. The first-order valence-corrected chi connectivity index (χ1v) is 5.55. The molecule has 0 radical (unpaired) electrons. The molecule has 1 aliphatic rings. The Bertz CT molecular complexity index is 153. The van der Waals surface area contributed by atoms with Gasteiger partial charge in [0.1, 0.15) is 6.29 Å². The molecular formula is C11H20O3. The Hall–Kier alpha value is -0.410. The van der Waals surface area contributed by atoms with Crippen molar-refractivity contribution >= 4 is 6.29 Å². The Labute approximate surface area is 85.8 Å². The van der Waals surface area contributed by atoms with Crippen molar-refractivity contribution in [2.75, 3.05) is 13.2 Å². The minimum absolute atomic E-state index is 0.0103. The van der Waals surface area contributed by atoms with E-state index in [1.807, 2.05) is 0 Å². The molecule has 1 unspecified atom stereocenters. The highest BCUT2D eigenvalue weighted by Crippen LogP contribution is 2.16. The summed E-state index contributed by atoms with van der Waals surface area (Å²) in [6, 6.07) is 0. The van der Waals surface area contributed by atoms with Crippen LogP contribution in [-0.4, -0.2) is 25.8 Å². The highest BCUT2D eigenvalue weighted by molar-refractivity contribution is 5.53. The van der Waals surface area contributed by atoms with Crippen LogP contribution in [0.4, 0.5) is 0 Å². The van der Waals surface area contributed by atoms with Gasteiger partial charge in [0.2, 0.25) is 0 Å². The van der Waals surface area contributed by atoms with Crippen LogP contribution in [-0.2, 0) is 14.3 Å². The maximum absolute atomic E-state index is 10.7. The van der Waals surface area contributed by atoms with Gasteiger partial charge in [-0.1, -0.05) is 13.3 Å². The minimum Gasteiger partial charge on any atom is -0.350 e. The monoisotopic (exact) mass is 200 g/mol. The third-order valence-corrected chi connectivity index (χ3v) is 2.56. The SMILES string of the molecule is CCCC(C=O)CCCC1OCCO1. The Balaban J connectivity index is 2.03. The molecular weight excluding hydrogens is 180 g/mol. The van der Waals surface area contributed by atoms with E-state index in [4.69, 9.17) is 9.47 Å². The average molecular weight is 200 g/mol. The van der Waals surface area contributed by atoms with Gasteiger partial charge in [-0.05, 0) is 25.7 Å². The van der Waals surface area contributed by atoms with Gasteiger partial charge in [-0.2, -0.15) is 0 Å². The molecule has 1 fully saturated rings. The van der Waals surface area contributed by atoms with E-state index in [1.54, 1.807) is 0 Å². The third kappa shape index (κ3) is 4.20. The van der Waals surface area contributed by atoms with Gasteiger partial charge in [-0.3, -0.25) is 0 Å². The van der Waals surface area contributed by atoms with Gasteiger partial charge < -0.3 is 14.3 Å². The van der Waals surface area contributed by atoms with Crippen molar-refractivity contribution in [2.45, 2.75) is 45.3 Å². The summed E-state index contributed by atoms with van der Waals surface area (Å²) in [5.41, 5.74) is 0. The predicted molar refractivity (Wildman–Crippen MR) is 54.0 cm³/mol. The first-order chi connectivity index (χ1) is 6.86. The molecule has 0 saturated carbocycles. The van der Waals surface area contributed by atoms with Gasteiger partial charge in [0.25, 0.3) is 0 Å². The lowest BCUT2D eigenvalue weighted by atomic mass is 9.99. The van der Waals surface area contributed by atoms with Crippen LogP contribution in [0.3, 0.4) is 0 Å². The quantitative estimate of drug-likeness (QED) is 0.591. The predicted octanol–water partition coefficient (Wildman–Crippen LogP) is 2.14. The van der Waals surface area contributed by atoms with Crippen LogP contribution in [0.1, 0.15) is 39.0 Å². The Morgan fingerprint density at radius 3 is 2.64 bits per heavy atom. The lowest BCUT2D eigenvalue weighted by Crippen LogP contribution is -2.09. The second kappa shape index (κ2) is 6.96. The molecule has 1 saturated heterocycles. The van der Waals surface area contributed by atoms with E-state index in [0.717, 1.165) is 51.6 Å². The molecule has 3 heteroatoms. The fraction of sp³-hybridized carbons (Fsp3) is 0.909. The van der Waals surface area contributed by atoms with Gasteiger partial charge in [0.05, 0.1) is 13.2 Å². The molecule has 0 amide bonds. The van der Waals surface area contributed by atoms with E-state index < -0.39 is 0 Å². The first kappa shape index (κ1) is 11.7. The second-order valence-electron chi connectivity index (χ2n) is 3.79. The summed E-state index contributed by atoms with van der Waals surface area (Å²) in [7, 11) is 0. The molecule has 1 rings (SSSR count). The van der Waals surface area contributed by atoms with E-state index in [-0.39, 0.29) is 12.2 Å². The lowest BCUT2D eigenvalue weighted by molar-refractivity contribution is -0.111. The van der Waals surface area contributed by atoms with Crippen molar-refractivity contribution in [3.05, 3.63) is 0 Å². The van der Waals surface area contributed by atoms with Gasteiger partial charge in [-0.15, -0.1) is 0 Å². The average Bonchev–Trinajstić information content (AvgIpc) is 2.69. The van der Waals surface area contributed by atoms with Gasteiger partial charge >= 0.3 is 0 Å². The molecule has 82 valence electrons. The van der Waals surface area contributed by atoms with Crippen LogP contribution in [0.25, 0.3) is 0 Å². The second-order valence-corrected chi connectivity index (χ2v) is 3.79. The van der Waals surface area contributed by atoms with E-state index in [1.165, 1.54) is 0 Å². The molecule has 3 nitrogen and oxygen atoms in total. The molecule has 1 aliphatic heterocycles. The molecule has 0 aromatic rings. The minimum atomic E-state index is -0.0103. The third-order valence-electron chi connectivity index (χ3n) is 2.56. The molecule has 1 atom stereocenters. The number of carbonyl (C=O) groups is 1. The molecule has 0 spiro atoms. The summed E-state index contributed by atoms with van der Waals surface area (Å²) in [5, 5.41) is 0. The van der Waals surface area contributed by atoms with Crippen LogP contribution in [0, 0.1) is 5.92 Å². The van der Waals surface area contributed by atoms with Crippen LogP contribution >= 0.6 is 0 Å². The summed E-state index contributed by atoms with van der Waals surface area (Å²) in [5.74, 6) is 0.237. The largest absolute Gasteiger partial charge is 0.350 e. The maximum atomic E-state index is 10.7. The van der Waals surface area contributed by atoms with Crippen molar-refractivity contribution in [1.82, 2.24) is 0 Å². The highest BCUT2D eigenvalue weighted by Gasteiger charge is 2.16. The standard InChI is InChI=1S/C11H20O3/c1-2-4-10(9-12)5-3-6-11-13-7-8-14-11/h9-11H,2-8H2,1H3. The molecule has 0 aromatic heterocycles. The van der Waals surface area contributed by atoms with Crippen molar-refractivity contribution < 1.29 is 14.3 Å². The highest BCUT2D eigenvalue weighted by atomic mass is 16.7. The maximum Gasteiger partial charge on any atom is 0.157 e. The smallest absolute Gasteiger partial charge is 0.157 e. The molecule has 14 heavy (non-hydrogen) atoms. The van der Waals surface area contributed by atoms with Crippen LogP contribution < -0.4 is 0 Å². The summed E-state index contributed by atoms with van der Waals surface area (Å²) in [6.07, 6.45) is 6.09. The van der Waals surface area contributed by atoms with E-state index in [9.17, 15) is 4.79 Å². The summed E-state index contributed by atoms with van der Waals surface area (Å²) in [6.45, 7) is 3.55. The van der Waals surface area contributed by atoms with Gasteiger partial charge in [-0.25, -0.2) is 0 Å². The Morgan fingerprint density at radius 2 is 2.07 bits per heavy atom. The molecule has 1 heterocycles. The number of rotatable bonds is 7. The number of hydrogen-bond acceptors (Lipinski definition) is 3. The zero-order valence-corrected chi connectivity index (χ0v) is 8.91. The van der Waals surface area contributed by atoms with Crippen molar-refractivity contribution in [2.24, 2.45) is 5.92 Å². The molecule has 0 aromatic carbocycles. The fourth-order valence-corrected chi connectivity index (χ4v) is 1.77. The fourth-order valence-electron chi connectivity index (χ4n) is 1.77. The zero-order valence-electron chi connectivity index (χ0n) is 8.91. The lowest BCUT2D eigenvalue weighted by Gasteiger charge is -2.11. The number of carbonyl (C=O) groups excluding carboxylic acids is 1. The van der Waals surface area contributed by atoms with Gasteiger partial charge in [0.15, 0.2) is 6.29 Å². The Kier molecular flexibility index (Phi) is 5.80. The van der Waals surface area contributed by atoms with Crippen molar-refractivity contribution in [1.29, 1.82) is 0 Å². The van der Waals surface area contributed by atoms with Crippen molar-refractivity contribution in [3.63, 3.8) is 0 Å². The van der Waals surface area contributed by atoms with Crippen molar-refractivity contribution in [3.8, 4) is 0 Å². The summed E-state index contributed by atoms with van der Waals surface area (Å²) >= 11 is 0. The Morgan fingerprint density at radius 1 is 1.36 bits per heavy atom. The molecule has 0 aliphatic carbocycles. The van der Waals surface area contributed by atoms with Crippen LogP contribution in [0.5, 0.6) is 0 Å².